The van der Waals surface area contributed by atoms with Crippen molar-refractivity contribution in [2.45, 2.75) is 38.9 Å². The quantitative estimate of drug-likeness (QED) is 0.730. The van der Waals surface area contributed by atoms with Gasteiger partial charge in [-0.1, -0.05) is 13.8 Å². The molecular formula is C9H19F3N2. The molecule has 0 saturated heterocycles. The van der Waals surface area contributed by atoms with Crippen molar-refractivity contribution in [3.05, 3.63) is 0 Å². The molecule has 0 saturated carbocycles. The zero-order valence-electron chi connectivity index (χ0n) is 8.91. The van der Waals surface area contributed by atoms with Crippen LogP contribution in [0.2, 0.25) is 0 Å². The lowest BCUT2D eigenvalue weighted by Gasteiger charge is -2.31. The molecule has 0 fully saturated rings. The number of hydrogen-bond donors (Lipinski definition) is 2. The summed E-state index contributed by atoms with van der Waals surface area (Å²) in [6.07, 6.45) is -3.53. The minimum atomic E-state index is -4.17. The van der Waals surface area contributed by atoms with Crippen LogP contribution in [-0.2, 0) is 0 Å². The Hall–Kier alpha value is -0.290. The van der Waals surface area contributed by atoms with Crippen molar-refractivity contribution in [2.24, 2.45) is 11.7 Å². The second-order valence-electron chi connectivity index (χ2n) is 4.33. The number of rotatable bonds is 5. The normalized spacial score (nSPS) is 17.1. The number of hydrogen-bond acceptors (Lipinski definition) is 2. The van der Waals surface area contributed by atoms with Crippen LogP contribution in [-0.4, -0.2) is 24.8 Å². The molecule has 3 N–H and O–H groups in total. The van der Waals surface area contributed by atoms with E-state index in [1.807, 2.05) is 13.8 Å². The maximum absolute atomic E-state index is 12.0. The summed E-state index contributed by atoms with van der Waals surface area (Å²) >= 11 is 0. The standard InChI is InChI=1S/C9H19F3N2/c1-7(2)4-8(3,5-13)14-6-9(10,11)12/h7,14H,4-6,13H2,1-3H3. The van der Waals surface area contributed by atoms with Gasteiger partial charge in [-0.2, -0.15) is 13.2 Å². The summed E-state index contributed by atoms with van der Waals surface area (Å²) in [6.45, 7) is 4.87. The summed E-state index contributed by atoms with van der Waals surface area (Å²) < 4.78 is 35.9. The van der Waals surface area contributed by atoms with E-state index in [-0.39, 0.29) is 6.54 Å². The highest BCUT2D eigenvalue weighted by Crippen LogP contribution is 2.18. The molecule has 0 heterocycles. The molecule has 0 aliphatic heterocycles. The van der Waals surface area contributed by atoms with Crippen molar-refractivity contribution >= 4 is 0 Å². The Kier molecular flexibility index (Phi) is 4.88. The van der Waals surface area contributed by atoms with Crippen molar-refractivity contribution in [3.63, 3.8) is 0 Å². The van der Waals surface area contributed by atoms with Crippen LogP contribution in [0.25, 0.3) is 0 Å². The minimum Gasteiger partial charge on any atom is -0.329 e. The number of alkyl halides is 3. The molecule has 14 heavy (non-hydrogen) atoms. The second-order valence-corrected chi connectivity index (χ2v) is 4.33. The largest absolute Gasteiger partial charge is 0.401 e. The summed E-state index contributed by atoms with van der Waals surface area (Å²) in [6, 6.07) is 0. The van der Waals surface area contributed by atoms with Crippen molar-refractivity contribution in [2.75, 3.05) is 13.1 Å². The Morgan fingerprint density at radius 2 is 1.79 bits per heavy atom. The molecule has 0 rings (SSSR count). The van der Waals surface area contributed by atoms with E-state index in [9.17, 15) is 13.2 Å². The lowest BCUT2D eigenvalue weighted by Crippen LogP contribution is -2.52. The van der Waals surface area contributed by atoms with E-state index in [4.69, 9.17) is 5.73 Å². The second kappa shape index (κ2) is 4.98. The summed E-state index contributed by atoms with van der Waals surface area (Å²) in [5.74, 6) is 0.323. The molecule has 0 aromatic carbocycles. The molecular weight excluding hydrogens is 193 g/mol. The average Bonchev–Trinajstić information content (AvgIpc) is 1.99. The van der Waals surface area contributed by atoms with Gasteiger partial charge < -0.3 is 11.1 Å². The summed E-state index contributed by atoms with van der Waals surface area (Å²) in [5.41, 5.74) is 4.83. The maximum atomic E-state index is 12.0. The number of nitrogens with one attached hydrogen (secondary N) is 1. The molecule has 1 unspecified atom stereocenters. The molecule has 0 aliphatic rings. The van der Waals surface area contributed by atoms with Crippen LogP contribution >= 0.6 is 0 Å². The van der Waals surface area contributed by atoms with Crippen LogP contribution < -0.4 is 11.1 Å². The van der Waals surface area contributed by atoms with Gasteiger partial charge in [-0.25, -0.2) is 0 Å². The van der Waals surface area contributed by atoms with E-state index in [2.05, 4.69) is 5.32 Å². The zero-order valence-corrected chi connectivity index (χ0v) is 8.91. The van der Waals surface area contributed by atoms with Crippen LogP contribution in [0.1, 0.15) is 27.2 Å². The van der Waals surface area contributed by atoms with Gasteiger partial charge in [0.2, 0.25) is 0 Å². The first kappa shape index (κ1) is 13.7. The molecule has 0 aliphatic carbocycles. The SMILES string of the molecule is CC(C)CC(C)(CN)NCC(F)(F)F. The Balaban J connectivity index is 4.12. The zero-order chi connectivity index (χ0) is 11.4. The average molecular weight is 212 g/mol. The monoisotopic (exact) mass is 212 g/mol. The van der Waals surface area contributed by atoms with Gasteiger partial charge in [-0.15, -0.1) is 0 Å². The highest BCUT2D eigenvalue weighted by Gasteiger charge is 2.32. The minimum absolute atomic E-state index is 0.210. The smallest absolute Gasteiger partial charge is 0.329 e. The van der Waals surface area contributed by atoms with Crippen molar-refractivity contribution in [1.29, 1.82) is 0 Å². The summed E-state index contributed by atoms with van der Waals surface area (Å²) in [5, 5.41) is 2.47. The van der Waals surface area contributed by atoms with Gasteiger partial charge in [0, 0.05) is 12.1 Å². The van der Waals surface area contributed by atoms with E-state index < -0.39 is 18.3 Å². The third-order valence-electron chi connectivity index (χ3n) is 2.02. The van der Waals surface area contributed by atoms with Crippen LogP contribution in [0.3, 0.4) is 0 Å². The fourth-order valence-corrected chi connectivity index (χ4v) is 1.44. The number of halogens is 3. The first-order valence-electron chi connectivity index (χ1n) is 4.70. The molecule has 0 aromatic heterocycles. The molecule has 0 bridgehead atoms. The molecule has 0 spiro atoms. The van der Waals surface area contributed by atoms with Crippen molar-refractivity contribution in [3.8, 4) is 0 Å². The van der Waals surface area contributed by atoms with Gasteiger partial charge in [0.15, 0.2) is 0 Å². The molecule has 2 nitrogen and oxygen atoms in total. The van der Waals surface area contributed by atoms with E-state index in [0.29, 0.717) is 12.3 Å². The van der Waals surface area contributed by atoms with Gasteiger partial charge >= 0.3 is 6.18 Å². The topological polar surface area (TPSA) is 38.0 Å². The van der Waals surface area contributed by atoms with E-state index in [1.54, 1.807) is 6.92 Å². The molecule has 0 radical (unpaired) electrons. The van der Waals surface area contributed by atoms with Crippen LogP contribution in [0.5, 0.6) is 0 Å². The lowest BCUT2D eigenvalue weighted by molar-refractivity contribution is -0.128. The first-order chi connectivity index (χ1) is 6.18. The Morgan fingerprint density at radius 1 is 1.29 bits per heavy atom. The third-order valence-corrected chi connectivity index (χ3v) is 2.02. The van der Waals surface area contributed by atoms with Crippen molar-refractivity contribution < 1.29 is 13.2 Å². The van der Waals surface area contributed by atoms with E-state index in [0.717, 1.165) is 0 Å². The van der Waals surface area contributed by atoms with Gasteiger partial charge in [0.1, 0.15) is 0 Å². The van der Waals surface area contributed by atoms with E-state index >= 15 is 0 Å². The molecule has 0 aromatic rings. The van der Waals surface area contributed by atoms with E-state index in [1.165, 1.54) is 0 Å². The molecule has 86 valence electrons. The molecule has 0 amide bonds. The predicted octanol–water partition coefficient (Wildman–Crippen LogP) is 1.90. The highest BCUT2D eigenvalue weighted by molar-refractivity contribution is 4.85. The number of nitrogens with two attached hydrogens (primary N) is 1. The molecule has 5 heteroatoms. The maximum Gasteiger partial charge on any atom is 0.401 e. The fourth-order valence-electron chi connectivity index (χ4n) is 1.44. The molecule has 1 atom stereocenters. The van der Waals surface area contributed by atoms with Crippen LogP contribution in [0, 0.1) is 5.92 Å². The van der Waals surface area contributed by atoms with Crippen LogP contribution in [0.4, 0.5) is 13.2 Å². The van der Waals surface area contributed by atoms with Crippen molar-refractivity contribution in [1.82, 2.24) is 5.32 Å². The predicted molar refractivity (Wildman–Crippen MR) is 51.0 cm³/mol. The van der Waals surface area contributed by atoms with Crippen LogP contribution in [0.15, 0.2) is 0 Å². The summed E-state index contributed by atoms with van der Waals surface area (Å²) in [4.78, 5) is 0. The summed E-state index contributed by atoms with van der Waals surface area (Å²) in [7, 11) is 0. The fraction of sp³-hybridized carbons (Fsp3) is 1.00. The lowest BCUT2D eigenvalue weighted by atomic mass is 9.91. The Morgan fingerprint density at radius 3 is 2.07 bits per heavy atom. The first-order valence-corrected chi connectivity index (χ1v) is 4.70. The Bertz CT molecular complexity index is 168. The van der Waals surface area contributed by atoms with Gasteiger partial charge in [-0.3, -0.25) is 0 Å². The van der Waals surface area contributed by atoms with Gasteiger partial charge in [0.25, 0.3) is 0 Å². The third kappa shape index (κ3) is 6.21. The van der Waals surface area contributed by atoms with Gasteiger partial charge in [0.05, 0.1) is 6.54 Å². The Labute approximate surface area is 83.0 Å². The highest BCUT2D eigenvalue weighted by atomic mass is 19.4. The van der Waals surface area contributed by atoms with Gasteiger partial charge in [-0.05, 0) is 19.3 Å².